The molecule has 0 fully saturated rings. The van der Waals surface area contributed by atoms with E-state index in [9.17, 15) is 4.39 Å². The van der Waals surface area contributed by atoms with Crippen LogP contribution in [0.2, 0.25) is 0 Å². The number of anilines is 1. The second-order valence-corrected chi connectivity index (χ2v) is 5.19. The molecule has 1 rings (SSSR count). The molecule has 1 aromatic carbocycles. The zero-order chi connectivity index (χ0) is 13.8. The third-order valence-corrected chi connectivity index (χ3v) is 2.93. The highest BCUT2D eigenvalue weighted by molar-refractivity contribution is 5.52. The van der Waals surface area contributed by atoms with Gasteiger partial charge in [0, 0.05) is 18.8 Å². The zero-order valence-corrected chi connectivity index (χ0v) is 11.2. The average Bonchev–Trinajstić information content (AvgIpc) is 2.35. The Morgan fingerprint density at radius 3 is 2.56 bits per heavy atom. The predicted octanol–water partition coefficient (Wildman–Crippen LogP) is 2.51. The van der Waals surface area contributed by atoms with Gasteiger partial charge in [0.25, 0.3) is 0 Å². The fraction of sp³-hybridized carbons (Fsp3) is 0.500. The molecule has 18 heavy (non-hydrogen) atoms. The topological polar surface area (TPSA) is 53.0 Å². The molecule has 1 aromatic rings. The summed E-state index contributed by atoms with van der Waals surface area (Å²) in [6.07, 6.45) is 0. The summed E-state index contributed by atoms with van der Waals surface area (Å²) in [5, 5.41) is 8.86. The Morgan fingerprint density at radius 1 is 1.39 bits per heavy atom. The maximum Gasteiger partial charge on any atom is 0.126 e. The monoisotopic (exact) mass is 249 g/mol. The maximum atomic E-state index is 13.4. The summed E-state index contributed by atoms with van der Waals surface area (Å²) in [5.74, 6) is -0.381. The summed E-state index contributed by atoms with van der Waals surface area (Å²) < 4.78 is 13.4. The van der Waals surface area contributed by atoms with Crippen LogP contribution in [0.3, 0.4) is 0 Å². The molecule has 0 aliphatic carbocycles. The SMILES string of the molecule is CCN(CC(C)(C)CN)c1cc(F)cc(C#N)c1. The molecule has 4 heteroatoms. The van der Waals surface area contributed by atoms with Gasteiger partial charge in [-0.2, -0.15) is 5.26 Å². The smallest absolute Gasteiger partial charge is 0.126 e. The lowest BCUT2D eigenvalue weighted by Crippen LogP contribution is -2.38. The van der Waals surface area contributed by atoms with Gasteiger partial charge < -0.3 is 10.6 Å². The number of nitriles is 1. The fourth-order valence-corrected chi connectivity index (χ4v) is 1.79. The highest BCUT2D eigenvalue weighted by Gasteiger charge is 2.20. The van der Waals surface area contributed by atoms with Gasteiger partial charge >= 0.3 is 0 Å². The van der Waals surface area contributed by atoms with E-state index in [1.807, 2.05) is 17.9 Å². The quantitative estimate of drug-likeness (QED) is 0.872. The van der Waals surface area contributed by atoms with Crippen molar-refractivity contribution in [3.63, 3.8) is 0 Å². The van der Waals surface area contributed by atoms with Crippen LogP contribution < -0.4 is 10.6 Å². The van der Waals surface area contributed by atoms with E-state index >= 15 is 0 Å². The Labute approximate surface area is 108 Å². The van der Waals surface area contributed by atoms with Crippen molar-refractivity contribution in [2.24, 2.45) is 11.1 Å². The lowest BCUT2D eigenvalue weighted by Gasteiger charge is -2.32. The number of halogens is 1. The predicted molar refractivity (Wildman–Crippen MR) is 71.8 cm³/mol. The van der Waals surface area contributed by atoms with Gasteiger partial charge in [0.05, 0.1) is 11.6 Å². The highest BCUT2D eigenvalue weighted by atomic mass is 19.1. The van der Waals surface area contributed by atoms with Crippen molar-refractivity contribution in [3.8, 4) is 6.07 Å². The molecule has 0 bridgehead atoms. The summed E-state index contributed by atoms with van der Waals surface area (Å²) in [6.45, 7) is 8.18. The molecule has 0 unspecified atom stereocenters. The molecule has 0 aromatic heterocycles. The number of rotatable bonds is 5. The van der Waals surface area contributed by atoms with Gasteiger partial charge in [0.2, 0.25) is 0 Å². The standard InChI is InChI=1S/C14H20FN3/c1-4-18(10-14(2,3)9-17)13-6-11(8-16)5-12(15)7-13/h5-7H,4,9-10,17H2,1-3H3. The summed E-state index contributed by atoms with van der Waals surface area (Å²) in [5.41, 5.74) is 6.75. The van der Waals surface area contributed by atoms with Crippen LogP contribution in [0.5, 0.6) is 0 Å². The van der Waals surface area contributed by atoms with Crippen LogP contribution in [0.1, 0.15) is 26.3 Å². The van der Waals surface area contributed by atoms with Crippen LogP contribution in [-0.2, 0) is 0 Å². The van der Waals surface area contributed by atoms with Crippen LogP contribution in [0.25, 0.3) is 0 Å². The molecular weight excluding hydrogens is 229 g/mol. The van der Waals surface area contributed by atoms with E-state index in [-0.39, 0.29) is 11.2 Å². The number of hydrogen-bond acceptors (Lipinski definition) is 3. The van der Waals surface area contributed by atoms with Gasteiger partial charge in [-0.25, -0.2) is 4.39 Å². The summed E-state index contributed by atoms with van der Waals surface area (Å²) >= 11 is 0. The molecule has 3 nitrogen and oxygen atoms in total. The zero-order valence-electron chi connectivity index (χ0n) is 11.2. The molecule has 0 heterocycles. The molecule has 0 spiro atoms. The summed E-state index contributed by atoms with van der Waals surface area (Å²) in [6, 6.07) is 6.38. The van der Waals surface area contributed by atoms with Crippen molar-refractivity contribution in [3.05, 3.63) is 29.6 Å². The lowest BCUT2D eigenvalue weighted by atomic mass is 9.93. The Bertz CT molecular complexity index is 449. The first-order chi connectivity index (χ1) is 8.41. The van der Waals surface area contributed by atoms with Crippen molar-refractivity contribution in [2.75, 3.05) is 24.5 Å². The van der Waals surface area contributed by atoms with Crippen molar-refractivity contribution in [2.45, 2.75) is 20.8 Å². The number of nitrogens with two attached hydrogens (primary N) is 1. The van der Waals surface area contributed by atoms with Crippen molar-refractivity contribution < 1.29 is 4.39 Å². The first-order valence-electron chi connectivity index (χ1n) is 6.07. The molecule has 0 aliphatic rings. The highest BCUT2D eigenvalue weighted by Crippen LogP contribution is 2.23. The largest absolute Gasteiger partial charge is 0.371 e. The molecule has 0 amide bonds. The minimum Gasteiger partial charge on any atom is -0.371 e. The van der Waals surface area contributed by atoms with Crippen molar-refractivity contribution in [1.29, 1.82) is 5.26 Å². The Morgan fingerprint density at radius 2 is 2.06 bits per heavy atom. The lowest BCUT2D eigenvalue weighted by molar-refractivity contribution is 0.379. The summed E-state index contributed by atoms with van der Waals surface area (Å²) in [4.78, 5) is 2.04. The molecule has 2 N–H and O–H groups in total. The first-order valence-corrected chi connectivity index (χ1v) is 6.07. The van der Waals surface area contributed by atoms with Gasteiger partial charge in [0.1, 0.15) is 5.82 Å². The van der Waals surface area contributed by atoms with E-state index in [1.54, 1.807) is 6.07 Å². The maximum absolute atomic E-state index is 13.4. The minimum absolute atomic E-state index is 0.0465. The van der Waals surface area contributed by atoms with E-state index in [2.05, 4.69) is 13.8 Å². The van der Waals surface area contributed by atoms with Crippen LogP contribution in [0.4, 0.5) is 10.1 Å². The van der Waals surface area contributed by atoms with E-state index in [0.717, 1.165) is 18.8 Å². The second-order valence-electron chi connectivity index (χ2n) is 5.19. The molecule has 0 saturated heterocycles. The van der Waals surface area contributed by atoms with Gasteiger partial charge in [-0.1, -0.05) is 13.8 Å². The third-order valence-electron chi connectivity index (χ3n) is 2.93. The molecular formula is C14H20FN3. The van der Waals surface area contributed by atoms with Crippen LogP contribution >= 0.6 is 0 Å². The van der Waals surface area contributed by atoms with Crippen molar-refractivity contribution in [1.82, 2.24) is 0 Å². The van der Waals surface area contributed by atoms with Crippen LogP contribution in [0, 0.1) is 22.6 Å². The van der Waals surface area contributed by atoms with Gasteiger partial charge in [-0.3, -0.25) is 0 Å². The van der Waals surface area contributed by atoms with E-state index in [0.29, 0.717) is 12.1 Å². The van der Waals surface area contributed by atoms with Crippen LogP contribution in [-0.4, -0.2) is 19.6 Å². The molecule has 0 radical (unpaired) electrons. The Kier molecular flexibility index (Phi) is 4.69. The number of benzene rings is 1. The Hall–Kier alpha value is -1.60. The van der Waals surface area contributed by atoms with E-state index in [1.165, 1.54) is 12.1 Å². The molecule has 0 aliphatic heterocycles. The fourth-order valence-electron chi connectivity index (χ4n) is 1.79. The normalized spacial score (nSPS) is 11.1. The first kappa shape index (κ1) is 14.5. The van der Waals surface area contributed by atoms with Crippen LogP contribution in [0.15, 0.2) is 18.2 Å². The molecule has 0 saturated carbocycles. The van der Waals surface area contributed by atoms with Crippen molar-refractivity contribution >= 4 is 5.69 Å². The minimum atomic E-state index is -0.381. The second kappa shape index (κ2) is 5.83. The van der Waals surface area contributed by atoms with Gasteiger partial charge in [-0.15, -0.1) is 0 Å². The van der Waals surface area contributed by atoms with E-state index < -0.39 is 0 Å². The number of hydrogen-bond donors (Lipinski definition) is 1. The third kappa shape index (κ3) is 3.71. The molecule has 0 atom stereocenters. The van der Waals surface area contributed by atoms with Gasteiger partial charge in [-0.05, 0) is 37.1 Å². The number of nitrogens with zero attached hydrogens (tertiary/aromatic N) is 2. The van der Waals surface area contributed by atoms with Gasteiger partial charge in [0.15, 0.2) is 0 Å². The average molecular weight is 249 g/mol. The van der Waals surface area contributed by atoms with E-state index in [4.69, 9.17) is 11.0 Å². The summed E-state index contributed by atoms with van der Waals surface area (Å²) in [7, 11) is 0. The Balaban J connectivity index is 3.02. The molecule has 98 valence electrons.